The van der Waals surface area contributed by atoms with Crippen molar-refractivity contribution in [2.75, 3.05) is 11.9 Å². The van der Waals surface area contributed by atoms with Gasteiger partial charge in [-0.2, -0.15) is 0 Å². The second-order valence-corrected chi connectivity index (χ2v) is 10.5. The summed E-state index contributed by atoms with van der Waals surface area (Å²) in [5, 5.41) is 22.0. The third-order valence-corrected chi connectivity index (χ3v) is 8.08. The van der Waals surface area contributed by atoms with Gasteiger partial charge < -0.3 is 25.6 Å². The minimum absolute atomic E-state index is 0.0336. The first-order valence-corrected chi connectivity index (χ1v) is 13.5. The minimum Gasteiger partial charge on any atom is -0.508 e. The molecule has 39 heavy (non-hydrogen) atoms. The molecule has 194 valence electrons. The molecule has 5 aromatic rings. The molecule has 0 spiro atoms. The summed E-state index contributed by atoms with van der Waals surface area (Å²) in [5.74, 6) is 0.126. The predicted octanol–water partition coefficient (Wildman–Crippen LogP) is 5.55. The zero-order chi connectivity index (χ0) is 26.3. The van der Waals surface area contributed by atoms with E-state index in [2.05, 4.69) is 87.4 Å². The number of hydrogen-bond donors (Lipinski definition) is 4. The maximum Gasteiger partial charge on any atom is 0.252 e. The standard InChI is InChI=1S/C33H30N4O2/c38-24-12-13-25-27(17-24)32(36-33(25)39)31-26-8-4-5-9-28(26)35-29(31)19-34-18-22-10-11-23-14-15-37(30(23)16-22)20-21-6-2-1-3-7-21/h1-17,29,31-32,34-35,38H,18-20H2,(H,36,39)/t29?,31-,32?/m1/s1. The average Bonchev–Trinajstić information content (AvgIpc) is 3.62. The van der Waals surface area contributed by atoms with Gasteiger partial charge in [-0.15, -0.1) is 0 Å². The Hall–Kier alpha value is -4.55. The highest BCUT2D eigenvalue weighted by Crippen LogP contribution is 2.46. The molecule has 0 saturated heterocycles. The molecule has 6 heteroatoms. The number of carbonyl (C=O) groups is 1. The van der Waals surface area contributed by atoms with Crippen LogP contribution in [0.2, 0.25) is 0 Å². The summed E-state index contributed by atoms with van der Waals surface area (Å²) >= 11 is 0. The molecule has 0 saturated carbocycles. The van der Waals surface area contributed by atoms with Gasteiger partial charge in [-0.05, 0) is 64.0 Å². The van der Waals surface area contributed by atoms with E-state index in [4.69, 9.17) is 0 Å². The summed E-state index contributed by atoms with van der Waals surface area (Å²) in [4.78, 5) is 12.8. The van der Waals surface area contributed by atoms with Crippen molar-refractivity contribution in [1.29, 1.82) is 0 Å². The van der Waals surface area contributed by atoms with E-state index in [9.17, 15) is 9.90 Å². The lowest BCUT2D eigenvalue weighted by atomic mass is 9.84. The van der Waals surface area contributed by atoms with Crippen LogP contribution >= 0.6 is 0 Å². The fourth-order valence-corrected chi connectivity index (χ4v) is 6.24. The SMILES string of the molecule is O=C1NC([C@@H]2c3ccccc3NC2CNCc2ccc3ccn(Cc4ccccc4)c3c2)c2cc(O)ccc21. The Morgan fingerprint density at radius 3 is 2.56 bits per heavy atom. The number of anilines is 1. The van der Waals surface area contributed by atoms with Gasteiger partial charge in [-0.25, -0.2) is 0 Å². The Morgan fingerprint density at radius 1 is 0.821 bits per heavy atom. The molecule has 6 nitrogen and oxygen atoms in total. The molecular weight excluding hydrogens is 484 g/mol. The Labute approximate surface area is 227 Å². The highest BCUT2D eigenvalue weighted by molar-refractivity contribution is 5.99. The lowest BCUT2D eigenvalue weighted by Gasteiger charge is -2.27. The first kappa shape index (κ1) is 23.6. The largest absolute Gasteiger partial charge is 0.508 e. The molecule has 7 rings (SSSR count). The van der Waals surface area contributed by atoms with E-state index >= 15 is 0 Å². The molecule has 0 radical (unpaired) electrons. The van der Waals surface area contributed by atoms with Gasteiger partial charge in [-0.3, -0.25) is 4.79 Å². The molecule has 3 heterocycles. The van der Waals surface area contributed by atoms with E-state index in [1.54, 1.807) is 18.2 Å². The Bertz CT molecular complexity index is 1680. The topological polar surface area (TPSA) is 78.3 Å². The smallest absolute Gasteiger partial charge is 0.252 e. The van der Waals surface area contributed by atoms with Gasteiger partial charge in [0.2, 0.25) is 0 Å². The maximum absolute atomic E-state index is 12.8. The van der Waals surface area contributed by atoms with Gasteiger partial charge in [0.15, 0.2) is 0 Å². The third-order valence-electron chi connectivity index (χ3n) is 8.08. The van der Waals surface area contributed by atoms with Crippen LogP contribution in [0.15, 0.2) is 103 Å². The number of aromatic nitrogens is 1. The van der Waals surface area contributed by atoms with E-state index in [0.29, 0.717) is 5.56 Å². The zero-order valence-electron chi connectivity index (χ0n) is 21.5. The van der Waals surface area contributed by atoms with E-state index < -0.39 is 0 Å². The summed E-state index contributed by atoms with van der Waals surface area (Å²) in [7, 11) is 0. The number of fused-ring (bicyclic) bond motifs is 3. The van der Waals surface area contributed by atoms with Crippen LogP contribution in [-0.4, -0.2) is 28.2 Å². The van der Waals surface area contributed by atoms with Crippen molar-refractivity contribution < 1.29 is 9.90 Å². The summed E-state index contributed by atoms with van der Waals surface area (Å²) in [6, 6.07) is 32.5. The summed E-state index contributed by atoms with van der Waals surface area (Å²) in [6.45, 7) is 2.31. The van der Waals surface area contributed by atoms with E-state index in [1.807, 2.05) is 18.2 Å². The van der Waals surface area contributed by atoms with Crippen LogP contribution in [0.25, 0.3) is 10.9 Å². The number of phenols is 1. The number of aromatic hydroxyl groups is 1. The lowest BCUT2D eigenvalue weighted by Crippen LogP contribution is -2.38. The van der Waals surface area contributed by atoms with Crippen molar-refractivity contribution in [3.8, 4) is 5.75 Å². The van der Waals surface area contributed by atoms with Gasteiger partial charge in [0, 0.05) is 54.6 Å². The molecule has 0 bridgehead atoms. The summed E-state index contributed by atoms with van der Waals surface area (Å²) in [6.07, 6.45) is 2.16. The molecule has 0 fully saturated rings. The van der Waals surface area contributed by atoms with Crippen LogP contribution in [0.5, 0.6) is 5.75 Å². The number of phenolic OH excluding ortho intramolecular Hbond substituents is 1. The van der Waals surface area contributed by atoms with Gasteiger partial charge in [0.25, 0.3) is 5.91 Å². The lowest BCUT2D eigenvalue weighted by molar-refractivity contribution is 0.0951. The quantitative estimate of drug-likeness (QED) is 0.230. The van der Waals surface area contributed by atoms with Crippen LogP contribution in [0.1, 0.15) is 44.6 Å². The predicted molar refractivity (Wildman–Crippen MR) is 154 cm³/mol. The Kier molecular flexibility index (Phi) is 5.82. The first-order chi connectivity index (χ1) is 19.1. The van der Waals surface area contributed by atoms with Crippen LogP contribution in [0.3, 0.4) is 0 Å². The van der Waals surface area contributed by atoms with Crippen molar-refractivity contribution >= 4 is 22.5 Å². The highest BCUT2D eigenvalue weighted by Gasteiger charge is 2.43. The molecule has 3 atom stereocenters. The molecular formula is C33H30N4O2. The molecule has 0 aliphatic carbocycles. The van der Waals surface area contributed by atoms with Crippen molar-refractivity contribution in [3.63, 3.8) is 0 Å². The zero-order valence-corrected chi connectivity index (χ0v) is 21.5. The van der Waals surface area contributed by atoms with Crippen molar-refractivity contribution in [2.45, 2.75) is 31.1 Å². The first-order valence-electron chi connectivity index (χ1n) is 13.5. The van der Waals surface area contributed by atoms with E-state index in [1.165, 1.54) is 27.6 Å². The monoisotopic (exact) mass is 514 g/mol. The maximum atomic E-state index is 12.8. The summed E-state index contributed by atoms with van der Waals surface area (Å²) in [5.41, 5.74) is 7.52. The summed E-state index contributed by atoms with van der Waals surface area (Å²) < 4.78 is 2.30. The van der Waals surface area contributed by atoms with Crippen LogP contribution in [0, 0.1) is 0 Å². The number of carbonyl (C=O) groups excluding carboxylic acids is 1. The van der Waals surface area contributed by atoms with Crippen molar-refractivity contribution in [1.82, 2.24) is 15.2 Å². The van der Waals surface area contributed by atoms with Crippen molar-refractivity contribution in [2.24, 2.45) is 0 Å². The second-order valence-electron chi connectivity index (χ2n) is 10.5. The Balaban J connectivity index is 1.10. The molecule has 4 N–H and O–H groups in total. The number of para-hydroxylation sites is 1. The van der Waals surface area contributed by atoms with E-state index in [-0.39, 0.29) is 29.7 Å². The third kappa shape index (κ3) is 4.33. The van der Waals surface area contributed by atoms with Crippen LogP contribution < -0.4 is 16.0 Å². The normalized spacial score (nSPS) is 19.5. The van der Waals surface area contributed by atoms with Gasteiger partial charge in [0.05, 0.1) is 6.04 Å². The average molecular weight is 515 g/mol. The molecule has 4 aromatic carbocycles. The van der Waals surface area contributed by atoms with Crippen molar-refractivity contribution in [3.05, 3.63) is 131 Å². The van der Waals surface area contributed by atoms with E-state index in [0.717, 1.165) is 30.9 Å². The number of nitrogens with one attached hydrogen (secondary N) is 3. The highest BCUT2D eigenvalue weighted by atomic mass is 16.3. The number of rotatable bonds is 7. The number of benzene rings is 4. The van der Waals surface area contributed by atoms with Gasteiger partial charge >= 0.3 is 0 Å². The second kappa shape index (κ2) is 9.64. The van der Waals surface area contributed by atoms with Gasteiger partial charge in [-0.1, -0.05) is 60.7 Å². The fourth-order valence-electron chi connectivity index (χ4n) is 6.24. The molecule has 2 unspecified atom stereocenters. The Morgan fingerprint density at radius 2 is 1.67 bits per heavy atom. The molecule has 1 amide bonds. The minimum atomic E-state index is -0.208. The molecule has 2 aliphatic rings. The van der Waals surface area contributed by atoms with Crippen LogP contribution in [-0.2, 0) is 13.1 Å². The molecule has 2 aliphatic heterocycles. The fraction of sp³-hybridized carbons (Fsp3) is 0.182. The number of amides is 1. The van der Waals surface area contributed by atoms with Gasteiger partial charge in [0.1, 0.15) is 5.75 Å². The van der Waals surface area contributed by atoms with Crippen LogP contribution in [0.4, 0.5) is 5.69 Å². The number of nitrogens with zero attached hydrogens (tertiary/aromatic N) is 1. The molecule has 1 aromatic heterocycles. The number of hydrogen-bond acceptors (Lipinski definition) is 4.